The fourth-order valence-electron chi connectivity index (χ4n) is 2.85. The Kier molecular flexibility index (Phi) is 4.23. The molecule has 3 rings (SSSR count). The number of fused-ring (bicyclic) bond motifs is 1. The minimum atomic E-state index is 0.324. The van der Waals surface area contributed by atoms with E-state index in [1.165, 1.54) is 11.1 Å². The Bertz CT molecular complexity index is 634. The van der Waals surface area contributed by atoms with Gasteiger partial charge in [-0.25, -0.2) is 0 Å². The van der Waals surface area contributed by atoms with Crippen LogP contribution in [0.3, 0.4) is 0 Å². The molecule has 1 N–H and O–H groups in total. The molecule has 1 heterocycles. The average molecular weight is 298 g/mol. The van der Waals surface area contributed by atoms with Crippen LogP contribution in [0.1, 0.15) is 25.0 Å². The standard InChI is InChI=1S/C19H22O3/c1-13(9-15-3-6-17(20)7-4-15)14(2)10-16-5-8-18-19(11-16)22-12-21-18/h3-8,11,13-14,20H,9-10,12H2,1-2H3/t13-,14-/m1/s1. The molecule has 0 spiro atoms. The van der Waals surface area contributed by atoms with Crippen molar-refractivity contribution in [1.82, 2.24) is 0 Å². The molecule has 1 aliphatic heterocycles. The van der Waals surface area contributed by atoms with Crippen molar-refractivity contribution in [3.63, 3.8) is 0 Å². The smallest absolute Gasteiger partial charge is 0.231 e. The molecule has 0 aliphatic carbocycles. The molecule has 2 atom stereocenters. The van der Waals surface area contributed by atoms with Gasteiger partial charge in [0.05, 0.1) is 0 Å². The molecule has 0 saturated carbocycles. The highest BCUT2D eigenvalue weighted by molar-refractivity contribution is 5.44. The first-order valence-corrected chi connectivity index (χ1v) is 7.78. The molecule has 0 unspecified atom stereocenters. The highest BCUT2D eigenvalue weighted by Gasteiger charge is 2.17. The third kappa shape index (κ3) is 3.35. The van der Waals surface area contributed by atoms with Crippen molar-refractivity contribution < 1.29 is 14.6 Å². The van der Waals surface area contributed by atoms with Gasteiger partial charge in [-0.2, -0.15) is 0 Å². The van der Waals surface area contributed by atoms with Crippen LogP contribution in [0.5, 0.6) is 17.2 Å². The third-order valence-electron chi connectivity index (χ3n) is 4.46. The molecular formula is C19H22O3. The lowest BCUT2D eigenvalue weighted by Gasteiger charge is -2.20. The van der Waals surface area contributed by atoms with E-state index >= 15 is 0 Å². The van der Waals surface area contributed by atoms with Gasteiger partial charge in [0, 0.05) is 0 Å². The first-order valence-electron chi connectivity index (χ1n) is 7.78. The van der Waals surface area contributed by atoms with E-state index in [-0.39, 0.29) is 0 Å². The largest absolute Gasteiger partial charge is 0.508 e. The second-order valence-corrected chi connectivity index (χ2v) is 6.22. The summed E-state index contributed by atoms with van der Waals surface area (Å²) in [6.07, 6.45) is 2.04. The lowest BCUT2D eigenvalue weighted by molar-refractivity contribution is 0.174. The molecule has 3 heteroatoms. The van der Waals surface area contributed by atoms with Crippen LogP contribution in [-0.4, -0.2) is 11.9 Å². The molecule has 0 radical (unpaired) electrons. The normalized spacial score (nSPS) is 15.5. The molecule has 0 bridgehead atoms. The molecule has 1 aliphatic rings. The number of hydrogen-bond acceptors (Lipinski definition) is 3. The molecule has 0 amide bonds. The maximum absolute atomic E-state index is 9.35. The maximum Gasteiger partial charge on any atom is 0.231 e. The van der Waals surface area contributed by atoms with Crippen LogP contribution >= 0.6 is 0 Å². The number of aromatic hydroxyl groups is 1. The number of rotatable bonds is 5. The van der Waals surface area contributed by atoms with Crippen molar-refractivity contribution in [2.24, 2.45) is 11.8 Å². The van der Waals surface area contributed by atoms with Crippen LogP contribution in [0.15, 0.2) is 42.5 Å². The Labute approximate surface area is 131 Å². The molecule has 116 valence electrons. The van der Waals surface area contributed by atoms with E-state index in [4.69, 9.17) is 9.47 Å². The van der Waals surface area contributed by atoms with E-state index in [0.717, 1.165) is 24.3 Å². The highest BCUT2D eigenvalue weighted by Crippen LogP contribution is 2.33. The molecule has 0 saturated heterocycles. The quantitative estimate of drug-likeness (QED) is 0.900. The van der Waals surface area contributed by atoms with Crippen LogP contribution in [0.25, 0.3) is 0 Å². The second-order valence-electron chi connectivity index (χ2n) is 6.22. The second kappa shape index (κ2) is 6.30. The third-order valence-corrected chi connectivity index (χ3v) is 4.46. The van der Waals surface area contributed by atoms with Gasteiger partial charge in [-0.1, -0.05) is 32.0 Å². The summed E-state index contributed by atoms with van der Waals surface area (Å²) in [5.74, 6) is 3.15. The van der Waals surface area contributed by atoms with Gasteiger partial charge in [0.1, 0.15) is 5.75 Å². The highest BCUT2D eigenvalue weighted by atomic mass is 16.7. The Morgan fingerprint density at radius 1 is 0.864 bits per heavy atom. The average Bonchev–Trinajstić information content (AvgIpc) is 2.97. The van der Waals surface area contributed by atoms with Gasteiger partial charge >= 0.3 is 0 Å². The SMILES string of the molecule is C[C@H](Cc1ccc(O)cc1)[C@H](C)Cc1ccc2c(c1)OCO2. The van der Waals surface area contributed by atoms with E-state index < -0.39 is 0 Å². The van der Waals surface area contributed by atoms with Gasteiger partial charge < -0.3 is 14.6 Å². The first-order chi connectivity index (χ1) is 10.6. The molecule has 0 fully saturated rings. The Hall–Kier alpha value is -2.16. The van der Waals surface area contributed by atoms with E-state index in [1.807, 2.05) is 18.2 Å². The van der Waals surface area contributed by atoms with Crippen molar-refractivity contribution in [3.05, 3.63) is 53.6 Å². The van der Waals surface area contributed by atoms with Crippen LogP contribution in [0, 0.1) is 11.8 Å². The monoisotopic (exact) mass is 298 g/mol. The minimum Gasteiger partial charge on any atom is -0.508 e. The van der Waals surface area contributed by atoms with E-state index in [1.54, 1.807) is 12.1 Å². The van der Waals surface area contributed by atoms with Gasteiger partial charge in [0.15, 0.2) is 11.5 Å². The number of benzene rings is 2. The van der Waals surface area contributed by atoms with Crippen LogP contribution < -0.4 is 9.47 Å². The summed E-state index contributed by atoms with van der Waals surface area (Å²) >= 11 is 0. The van der Waals surface area contributed by atoms with E-state index in [9.17, 15) is 5.11 Å². The van der Waals surface area contributed by atoms with Crippen LogP contribution in [0.4, 0.5) is 0 Å². The minimum absolute atomic E-state index is 0.324. The van der Waals surface area contributed by atoms with Crippen molar-refractivity contribution in [1.29, 1.82) is 0 Å². The molecular weight excluding hydrogens is 276 g/mol. The van der Waals surface area contributed by atoms with Crippen LogP contribution in [0.2, 0.25) is 0 Å². The van der Waals surface area contributed by atoms with Crippen molar-refractivity contribution in [2.75, 3.05) is 6.79 Å². The topological polar surface area (TPSA) is 38.7 Å². The predicted molar refractivity (Wildman–Crippen MR) is 86.4 cm³/mol. The molecule has 0 aromatic heterocycles. The van der Waals surface area contributed by atoms with Gasteiger partial charge in [-0.15, -0.1) is 0 Å². The number of ether oxygens (including phenoxy) is 2. The number of phenolic OH excluding ortho intramolecular Hbond substituents is 1. The predicted octanol–water partition coefficient (Wildman–Crippen LogP) is 4.18. The zero-order valence-electron chi connectivity index (χ0n) is 13.1. The first kappa shape index (κ1) is 14.8. The summed E-state index contributed by atoms with van der Waals surface area (Å²) in [5.41, 5.74) is 2.55. The van der Waals surface area contributed by atoms with Gasteiger partial charge in [-0.3, -0.25) is 0 Å². The zero-order chi connectivity index (χ0) is 15.5. The maximum atomic E-state index is 9.35. The van der Waals surface area contributed by atoms with E-state index in [2.05, 4.69) is 26.0 Å². The van der Waals surface area contributed by atoms with Crippen molar-refractivity contribution >= 4 is 0 Å². The molecule has 3 nitrogen and oxygen atoms in total. The zero-order valence-corrected chi connectivity index (χ0v) is 13.1. The lowest BCUT2D eigenvalue weighted by Crippen LogP contribution is -2.13. The van der Waals surface area contributed by atoms with Gasteiger partial charge in [0.2, 0.25) is 6.79 Å². The summed E-state index contributed by atoms with van der Waals surface area (Å²) in [5, 5.41) is 9.35. The summed E-state index contributed by atoms with van der Waals surface area (Å²) in [6.45, 7) is 4.89. The molecule has 2 aromatic rings. The summed E-state index contributed by atoms with van der Waals surface area (Å²) in [7, 11) is 0. The summed E-state index contributed by atoms with van der Waals surface area (Å²) in [4.78, 5) is 0. The Balaban J connectivity index is 1.61. The Morgan fingerprint density at radius 2 is 1.45 bits per heavy atom. The van der Waals surface area contributed by atoms with E-state index in [0.29, 0.717) is 24.4 Å². The summed E-state index contributed by atoms with van der Waals surface area (Å²) < 4.78 is 10.8. The van der Waals surface area contributed by atoms with Gasteiger partial charge in [0.25, 0.3) is 0 Å². The van der Waals surface area contributed by atoms with Crippen molar-refractivity contribution in [3.8, 4) is 17.2 Å². The fourth-order valence-corrected chi connectivity index (χ4v) is 2.85. The summed E-state index contributed by atoms with van der Waals surface area (Å²) in [6, 6.07) is 13.7. The van der Waals surface area contributed by atoms with Crippen molar-refractivity contribution in [2.45, 2.75) is 26.7 Å². The van der Waals surface area contributed by atoms with Gasteiger partial charge in [-0.05, 0) is 60.1 Å². The number of phenols is 1. The molecule has 2 aromatic carbocycles. The lowest BCUT2D eigenvalue weighted by atomic mass is 9.85. The number of hydrogen-bond donors (Lipinski definition) is 1. The fraction of sp³-hybridized carbons (Fsp3) is 0.368. The van der Waals surface area contributed by atoms with Crippen LogP contribution in [-0.2, 0) is 12.8 Å². The molecule has 22 heavy (non-hydrogen) atoms. The Morgan fingerprint density at radius 3 is 2.18 bits per heavy atom.